The van der Waals surface area contributed by atoms with Crippen LogP contribution in [-0.4, -0.2) is 23.5 Å². The van der Waals surface area contributed by atoms with E-state index in [2.05, 4.69) is 0 Å². The SMILES string of the molecule is CCCOc1cc(C)c(C(=O)CCCC(=O)O)c(C)c1. The molecule has 0 bridgehead atoms. The lowest BCUT2D eigenvalue weighted by Gasteiger charge is -2.12. The van der Waals surface area contributed by atoms with Gasteiger partial charge in [0.25, 0.3) is 0 Å². The maximum atomic E-state index is 12.2. The monoisotopic (exact) mass is 278 g/mol. The van der Waals surface area contributed by atoms with Crippen LogP contribution in [0, 0.1) is 13.8 Å². The Kier molecular flexibility index (Phi) is 6.22. The smallest absolute Gasteiger partial charge is 0.303 e. The summed E-state index contributed by atoms with van der Waals surface area (Å²) in [6, 6.07) is 3.74. The Balaban J connectivity index is 2.79. The molecule has 0 fully saturated rings. The second-order valence-electron chi connectivity index (χ2n) is 4.95. The van der Waals surface area contributed by atoms with Gasteiger partial charge in [-0.05, 0) is 49.9 Å². The molecule has 0 aliphatic rings. The van der Waals surface area contributed by atoms with E-state index in [1.165, 1.54) is 0 Å². The van der Waals surface area contributed by atoms with Crippen molar-refractivity contribution in [3.8, 4) is 5.75 Å². The van der Waals surface area contributed by atoms with Gasteiger partial charge in [-0.3, -0.25) is 9.59 Å². The lowest BCUT2D eigenvalue weighted by atomic mass is 9.96. The van der Waals surface area contributed by atoms with E-state index in [9.17, 15) is 9.59 Å². The predicted octanol–water partition coefficient (Wildman–Crippen LogP) is 3.53. The van der Waals surface area contributed by atoms with Crippen LogP contribution in [0.15, 0.2) is 12.1 Å². The van der Waals surface area contributed by atoms with Gasteiger partial charge in [0.05, 0.1) is 6.61 Å². The van der Waals surface area contributed by atoms with Crippen LogP contribution in [-0.2, 0) is 4.79 Å². The first-order valence-corrected chi connectivity index (χ1v) is 6.94. The van der Waals surface area contributed by atoms with E-state index in [1.54, 1.807) is 0 Å². The van der Waals surface area contributed by atoms with Gasteiger partial charge < -0.3 is 9.84 Å². The number of benzene rings is 1. The standard InChI is InChI=1S/C16H22O4/c1-4-8-20-13-9-11(2)16(12(3)10-13)14(17)6-5-7-15(18)19/h9-10H,4-8H2,1-3H3,(H,18,19). The number of hydrogen-bond acceptors (Lipinski definition) is 3. The van der Waals surface area contributed by atoms with Gasteiger partial charge >= 0.3 is 5.97 Å². The zero-order chi connectivity index (χ0) is 15.1. The lowest BCUT2D eigenvalue weighted by molar-refractivity contribution is -0.137. The number of rotatable bonds is 8. The first kappa shape index (κ1) is 16.2. The molecule has 1 rings (SSSR count). The second-order valence-corrected chi connectivity index (χ2v) is 4.95. The molecule has 0 atom stereocenters. The fourth-order valence-corrected chi connectivity index (χ4v) is 2.19. The highest BCUT2D eigenvalue weighted by atomic mass is 16.5. The zero-order valence-electron chi connectivity index (χ0n) is 12.4. The third-order valence-corrected chi connectivity index (χ3v) is 3.05. The summed E-state index contributed by atoms with van der Waals surface area (Å²) in [5.41, 5.74) is 2.46. The number of ether oxygens (including phenoxy) is 1. The van der Waals surface area contributed by atoms with Gasteiger partial charge in [0.15, 0.2) is 5.78 Å². The van der Waals surface area contributed by atoms with E-state index in [-0.39, 0.29) is 18.6 Å². The summed E-state index contributed by atoms with van der Waals surface area (Å²) >= 11 is 0. The van der Waals surface area contributed by atoms with Crippen LogP contribution in [0.5, 0.6) is 5.75 Å². The number of carbonyl (C=O) groups excluding carboxylic acids is 1. The quantitative estimate of drug-likeness (QED) is 0.739. The number of carboxylic acid groups (broad SMARTS) is 1. The Hall–Kier alpha value is -1.84. The first-order valence-electron chi connectivity index (χ1n) is 6.94. The topological polar surface area (TPSA) is 63.6 Å². The summed E-state index contributed by atoms with van der Waals surface area (Å²) in [7, 11) is 0. The normalized spacial score (nSPS) is 10.3. The molecule has 0 aliphatic heterocycles. The number of ketones is 1. The summed E-state index contributed by atoms with van der Waals surface area (Å²) in [6.07, 6.45) is 1.61. The van der Waals surface area contributed by atoms with Crippen molar-refractivity contribution in [3.63, 3.8) is 0 Å². The molecule has 0 saturated carbocycles. The van der Waals surface area contributed by atoms with Crippen LogP contribution in [0.3, 0.4) is 0 Å². The molecule has 4 nitrogen and oxygen atoms in total. The Morgan fingerprint density at radius 3 is 2.25 bits per heavy atom. The molecule has 0 radical (unpaired) electrons. The minimum absolute atomic E-state index is 0.00305. The third-order valence-electron chi connectivity index (χ3n) is 3.05. The summed E-state index contributed by atoms with van der Waals surface area (Å²) in [5.74, 6) is -0.0817. The number of carbonyl (C=O) groups is 2. The van der Waals surface area contributed by atoms with Crippen molar-refractivity contribution in [2.75, 3.05) is 6.61 Å². The Morgan fingerprint density at radius 1 is 1.15 bits per heavy atom. The first-order chi connectivity index (χ1) is 9.45. The van der Waals surface area contributed by atoms with Gasteiger partial charge in [0.2, 0.25) is 0 Å². The highest BCUT2D eigenvalue weighted by Gasteiger charge is 2.14. The molecule has 4 heteroatoms. The molecule has 1 aromatic carbocycles. The van der Waals surface area contributed by atoms with Gasteiger partial charge in [-0.25, -0.2) is 0 Å². The highest BCUT2D eigenvalue weighted by molar-refractivity contribution is 5.99. The molecule has 0 aliphatic carbocycles. The van der Waals surface area contributed by atoms with Gasteiger partial charge in [-0.15, -0.1) is 0 Å². The van der Waals surface area contributed by atoms with E-state index >= 15 is 0 Å². The van der Waals surface area contributed by atoms with Gasteiger partial charge in [-0.1, -0.05) is 6.92 Å². The molecule has 1 N–H and O–H groups in total. The average molecular weight is 278 g/mol. The molecular formula is C16H22O4. The minimum atomic E-state index is -0.866. The number of carboxylic acids is 1. The van der Waals surface area contributed by atoms with Crippen molar-refractivity contribution in [2.24, 2.45) is 0 Å². The molecule has 0 unspecified atom stereocenters. The lowest BCUT2D eigenvalue weighted by Crippen LogP contribution is -2.07. The molecule has 1 aromatic rings. The van der Waals surface area contributed by atoms with Crippen molar-refractivity contribution < 1.29 is 19.4 Å². The summed E-state index contributed by atoms with van der Waals surface area (Å²) < 4.78 is 5.58. The minimum Gasteiger partial charge on any atom is -0.494 e. The van der Waals surface area contributed by atoms with E-state index in [0.717, 1.165) is 23.3 Å². The molecule has 0 amide bonds. The fraction of sp³-hybridized carbons (Fsp3) is 0.500. The second kappa shape index (κ2) is 7.68. The molecule has 0 saturated heterocycles. The van der Waals surface area contributed by atoms with Crippen molar-refractivity contribution in [3.05, 3.63) is 28.8 Å². The number of Topliss-reactive ketones (excluding diaryl/α,β-unsaturated/α-hetero) is 1. The van der Waals surface area contributed by atoms with Crippen LogP contribution in [0.4, 0.5) is 0 Å². The van der Waals surface area contributed by atoms with Crippen LogP contribution < -0.4 is 4.74 Å². The van der Waals surface area contributed by atoms with Crippen LogP contribution in [0.1, 0.15) is 54.1 Å². The number of hydrogen-bond donors (Lipinski definition) is 1. The van der Waals surface area contributed by atoms with Crippen molar-refractivity contribution in [2.45, 2.75) is 46.5 Å². The Labute approximate surface area is 119 Å². The van der Waals surface area contributed by atoms with Crippen LogP contribution in [0.25, 0.3) is 0 Å². The largest absolute Gasteiger partial charge is 0.494 e. The van der Waals surface area contributed by atoms with E-state index < -0.39 is 5.97 Å². The predicted molar refractivity (Wildman–Crippen MR) is 77.5 cm³/mol. The molecule has 0 aromatic heterocycles. The van der Waals surface area contributed by atoms with Crippen molar-refractivity contribution in [1.29, 1.82) is 0 Å². The summed E-state index contributed by atoms with van der Waals surface area (Å²) in [4.78, 5) is 22.6. The molecule has 0 spiro atoms. The van der Waals surface area contributed by atoms with Crippen LogP contribution >= 0.6 is 0 Å². The van der Waals surface area contributed by atoms with Gasteiger partial charge in [0, 0.05) is 18.4 Å². The van der Waals surface area contributed by atoms with E-state index in [0.29, 0.717) is 18.6 Å². The van der Waals surface area contributed by atoms with Crippen LogP contribution in [0.2, 0.25) is 0 Å². The summed E-state index contributed by atoms with van der Waals surface area (Å²) in [6.45, 7) is 6.47. The van der Waals surface area contributed by atoms with Crippen molar-refractivity contribution in [1.82, 2.24) is 0 Å². The number of aliphatic carboxylic acids is 1. The molecular weight excluding hydrogens is 256 g/mol. The maximum absolute atomic E-state index is 12.2. The van der Waals surface area contributed by atoms with Gasteiger partial charge in [0.1, 0.15) is 5.75 Å². The number of aryl methyl sites for hydroxylation is 2. The Morgan fingerprint density at radius 2 is 1.75 bits per heavy atom. The summed E-state index contributed by atoms with van der Waals surface area (Å²) in [5, 5.41) is 8.60. The van der Waals surface area contributed by atoms with E-state index in [4.69, 9.17) is 9.84 Å². The maximum Gasteiger partial charge on any atom is 0.303 e. The van der Waals surface area contributed by atoms with Crippen molar-refractivity contribution >= 4 is 11.8 Å². The van der Waals surface area contributed by atoms with E-state index in [1.807, 2.05) is 32.9 Å². The molecule has 20 heavy (non-hydrogen) atoms. The Bertz CT molecular complexity index is 468. The molecule has 0 heterocycles. The third kappa shape index (κ3) is 4.68. The van der Waals surface area contributed by atoms with Gasteiger partial charge in [-0.2, -0.15) is 0 Å². The molecule has 110 valence electrons. The fourth-order valence-electron chi connectivity index (χ4n) is 2.19. The highest BCUT2D eigenvalue weighted by Crippen LogP contribution is 2.23. The average Bonchev–Trinajstić information content (AvgIpc) is 2.35. The zero-order valence-corrected chi connectivity index (χ0v) is 12.4.